The summed E-state index contributed by atoms with van der Waals surface area (Å²) in [4.78, 5) is 40.2. The van der Waals surface area contributed by atoms with Crippen LogP contribution < -0.4 is 10.6 Å². The van der Waals surface area contributed by atoms with Gasteiger partial charge >= 0.3 is 11.9 Å². The third-order valence-electron chi connectivity index (χ3n) is 7.19. The van der Waals surface area contributed by atoms with E-state index < -0.39 is 22.8 Å². The third-order valence-corrected chi connectivity index (χ3v) is 7.19. The van der Waals surface area contributed by atoms with Crippen LogP contribution in [-0.4, -0.2) is 55.6 Å². The maximum atomic E-state index is 13.7. The molecule has 40 heavy (non-hydrogen) atoms. The molecular formula is C30H36N4O6. The molecule has 0 fully saturated rings. The summed E-state index contributed by atoms with van der Waals surface area (Å²) in [6, 6.07) is 14.2. The summed E-state index contributed by atoms with van der Waals surface area (Å²) in [6.45, 7) is 5.17. The van der Waals surface area contributed by atoms with Crippen LogP contribution in [0.2, 0.25) is 0 Å². The van der Waals surface area contributed by atoms with Crippen LogP contribution in [-0.2, 0) is 25.6 Å². The van der Waals surface area contributed by atoms with Gasteiger partial charge in [-0.25, -0.2) is 9.59 Å². The monoisotopic (exact) mass is 548 g/mol. The first-order valence-corrected chi connectivity index (χ1v) is 13.5. The summed E-state index contributed by atoms with van der Waals surface area (Å²) >= 11 is 0. The van der Waals surface area contributed by atoms with Gasteiger partial charge in [0.15, 0.2) is 0 Å². The molecule has 0 amide bonds. The topological polar surface area (TPSA) is 123 Å². The molecule has 2 aromatic rings. The van der Waals surface area contributed by atoms with E-state index in [0.29, 0.717) is 36.3 Å². The number of nitro benzene ring substituents is 1. The van der Waals surface area contributed by atoms with Crippen molar-refractivity contribution in [3.05, 3.63) is 97.9 Å². The fourth-order valence-electron chi connectivity index (χ4n) is 5.28. The number of non-ortho nitro benzene ring substituents is 1. The molecule has 2 N–H and O–H groups in total. The summed E-state index contributed by atoms with van der Waals surface area (Å²) in [7, 11) is 3.85. The van der Waals surface area contributed by atoms with Gasteiger partial charge < -0.3 is 25.0 Å². The number of hydrogen-bond acceptors (Lipinski definition) is 9. The van der Waals surface area contributed by atoms with Gasteiger partial charge in [0.25, 0.3) is 5.69 Å². The Morgan fingerprint density at radius 2 is 1.82 bits per heavy atom. The Labute approximate surface area is 234 Å². The molecule has 0 radical (unpaired) electrons. The minimum absolute atomic E-state index is 0.0729. The van der Waals surface area contributed by atoms with Crippen molar-refractivity contribution >= 4 is 17.6 Å². The molecular weight excluding hydrogens is 512 g/mol. The van der Waals surface area contributed by atoms with Gasteiger partial charge in [-0.3, -0.25) is 10.1 Å². The zero-order chi connectivity index (χ0) is 28.8. The summed E-state index contributed by atoms with van der Waals surface area (Å²) in [6.07, 6.45) is 1.07. The molecule has 4 rings (SSSR count). The molecule has 0 saturated carbocycles. The van der Waals surface area contributed by atoms with E-state index in [0.717, 1.165) is 6.54 Å². The highest BCUT2D eigenvalue weighted by Gasteiger charge is 2.39. The molecule has 2 aliphatic rings. The number of nitrogens with one attached hydrogen (secondary N) is 2. The lowest BCUT2D eigenvalue weighted by molar-refractivity contribution is -0.384. The van der Waals surface area contributed by atoms with E-state index in [-0.39, 0.29) is 36.1 Å². The Balaban J connectivity index is 1.67. The van der Waals surface area contributed by atoms with Gasteiger partial charge in [0, 0.05) is 55.5 Å². The zero-order valence-corrected chi connectivity index (χ0v) is 23.4. The first-order valence-electron chi connectivity index (χ1n) is 13.5. The van der Waals surface area contributed by atoms with Crippen molar-refractivity contribution in [1.29, 1.82) is 0 Å². The number of benzene rings is 2. The highest BCUT2D eigenvalue weighted by Crippen LogP contribution is 2.41. The number of nitrogens with zero attached hydrogens (tertiary/aromatic N) is 2. The molecule has 10 nitrogen and oxygen atoms in total. The van der Waals surface area contributed by atoms with E-state index in [1.807, 2.05) is 31.1 Å². The largest absolute Gasteiger partial charge is 0.463 e. The minimum Gasteiger partial charge on any atom is -0.463 e. The number of esters is 2. The van der Waals surface area contributed by atoms with E-state index in [1.54, 1.807) is 26.0 Å². The Bertz CT molecular complexity index is 1350. The molecule has 0 saturated heterocycles. The molecule has 2 atom stereocenters. The molecule has 0 spiro atoms. The van der Waals surface area contributed by atoms with Gasteiger partial charge in [-0.15, -0.1) is 0 Å². The van der Waals surface area contributed by atoms with Gasteiger partial charge in [0.05, 0.1) is 35.2 Å². The summed E-state index contributed by atoms with van der Waals surface area (Å²) in [5, 5.41) is 18.3. The van der Waals surface area contributed by atoms with Crippen LogP contribution >= 0.6 is 0 Å². The average Bonchev–Trinajstić information content (AvgIpc) is 3.34. The van der Waals surface area contributed by atoms with Gasteiger partial charge in [0.2, 0.25) is 0 Å². The van der Waals surface area contributed by atoms with Gasteiger partial charge in [-0.05, 0) is 44.6 Å². The number of carbonyl (C=O) groups excluding carboxylic acids is 2. The maximum Gasteiger partial charge on any atom is 0.336 e. The SMILES string of the molecule is CCOC(=O)C1=C(CCN(C)C)NC(C)=C(C(=O)OCCC2NCc3ccccc32)C1c1cccc([N+](=O)[O-])c1. The third kappa shape index (κ3) is 6.40. The van der Waals surface area contributed by atoms with Gasteiger partial charge in [0.1, 0.15) is 0 Å². The van der Waals surface area contributed by atoms with E-state index in [2.05, 4.69) is 22.8 Å². The molecule has 2 heterocycles. The highest BCUT2D eigenvalue weighted by atomic mass is 16.6. The van der Waals surface area contributed by atoms with E-state index in [9.17, 15) is 19.7 Å². The first-order chi connectivity index (χ1) is 19.2. The Hall–Kier alpha value is -4.02. The summed E-state index contributed by atoms with van der Waals surface area (Å²) in [5.74, 6) is -2.05. The molecule has 0 bridgehead atoms. The van der Waals surface area contributed by atoms with E-state index in [1.165, 1.54) is 23.3 Å². The van der Waals surface area contributed by atoms with Crippen molar-refractivity contribution in [3.8, 4) is 0 Å². The van der Waals surface area contributed by atoms with Gasteiger partial charge in [-0.1, -0.05) is 36.4 Å². The Morgan fingerprint density at radius 1 is 1.07 bits per heavy atom. The second kappa shape index (κ2) is 12.9. The van der Waals surface area contributed by atoms with Crippen LogP contribution in [0.1, 0.15) is 55.3 Å². The predicted octanol–water partition coefficient (Wildman–Crippen LogP) is 4.10. The number of nitro groups is 1. The zero-order valence-electron chi connectivity index (χ0n) is 23.4. The molecule has 2 unspecified atom stereocenters. The first kappa shape index (κ1) is 29.0. The second-order valence-corrected chi connectivity index (χ2v) is 10.2. The van der Waals surface area contributed by atoms with Crippen LogP contribution in [0.3, 0.4) is 0 Å². The fraction of sp³-hybridized carbons (Fsp3) is 0.400. The smallest absolute Gasteiger partial charge is 0.336 e. The summed E-state index contributed by atoms with van der Waals surface area (Å²) < 4.78 is 11.2. The number of rotatable bonds is 11. The number of dihydropyridines is 1. The van der Waals surface area contributed by atoms with Crippen LogP contribution in [0.4, 0.5) is 5.69 Å². The van der Waals surface area contributed by atoms with Crippen LogP contribution in [0.15, 0.2) is 71.1 Å². The standard InChI is InChI=1S/C30H36N4O6/c1-5-39-30(36)28-25(13-15-33(3)4)32-19(2)26(27(28)20-10-8-11-22(17-20)34(37)38)29(35)40-16-14-24-23-12-7-6-9-21(23)18-31-24/h6-12,17,24,27,31-32H,5,13-16,18H2,1-4H3. The van der Waals surface area contributed by atoms with Crippen molar-refractivity contribution in [2.45, 2.75) is 45.2 Å². The maximum absolute atomic E-state index is 13.7. The highest BCUT2D eigenvalue weighted by molar-refractivity contribution is 6.00. The van der Waals surface area contributed by atoms with Crippen molar-refractivity contribution < 1.29 is 24.0 Å². The average molecular weight is 549 g/mol. The molecule has 2 aromatic carbocycles. The lowest BCUT2D eigenvalue weighted by atomic mass is 9.79. The quantitative estimate of drug-likeness (QED) is 0.243. The minimum atomic E-state index is -0.893. The number of carbonyl (C=O) groups is 2. The number of fused-ring (bicyclic) bond motifs is 1. The van der Waals surface area contributed by atoms with Gasteiger partial charge in [-0.2, -0.15) is 0 Å². The lowest BCUT2D eigenvalue weighted by Gasteiger charge is -2.32. The normalized spacial score (nSPS) is 18.4. The predicted molar refractivity (Wildman–Crippen MR) is 150 cm³/mol. The lowest BCUT2D eigenvalue weighted by Crippen LogP contribution is -2.34. The van der Waals surface area contributed by atoms with Crippen molar-refractivity contribution in [2.75, 3.05) is 33.9 Å². The molecule has 0 aliphatic carbocycles. The number of hydrogen-bond donors (Lipinski definition) is 2. The van der Waals surface area contributed by atoms with Crippen molar-refractivity contribution in [1.82, 2.24) is 15.5 Å². The van der Waals surface area contributed by atoms with E-state index >= 15 is 0 Å². The van der Waals surface area contributed by atoms with Crippen LogP contribution in [0, 0.1) is 10.1 Å². The van der Waals surface area contributed by atoms with Crippen LogP contribution in [0.25, 0.3) is 0 Å². The Morgan fingerprint density at radius 3 is 2.55 bits per heavy atom. The number of ether oxygens (including phenoxy) is 2. The van der Waals surface area contributed by atoms with Crippen molar-refractivity contribution in [3.63, 3.8) is 0 Å². The Kier molecular flexibility index (Phi) is 9.34. The number of allylic oxidation sites excluding steroid dienone is 1. The van der Waals surface area contributed by atoms with E-state index in [4.69, 9.17) is 9.47 Å². The van der Waals surface area contributed by atoms with Crippen molar-refractivity contribution in [2.24, 2.45) is 0 Å². The van der Waals surface area contributed by atoms with Crippen LogP contribution in [0.5, 0.6) is 0 Å². The second-order valence-electron chi connectivity index (χ2n) is 10.2. The molecule has 2 aliphatic heterocycles. The molecule has 212 valence electrons. The fourth-order valence-corrected chi connectivity index (χ4v) is 5.28. The molecule has 10 heteroatoms. The summed E-state index contributed by atoms with van der Waals surface area (Å²) in [5.41, 5.74) is 4.38. The molecule has 0 aromatic heterocycles.